The molecule has 3 rings (SSSR count). The van der Waals surface area contributed by atoms with E-state index in [0.717, 1.165) is 31.1 Å². The first kappa shape index (κ1) is 12.0. The molecule has 1 aliphatic heterocycles. The van der Waals surface area contributed by atoms with Crippen LogP contribution in [0.5, 0.6) is 0 Å². The molecule has 1 aliphatic rings. The molecule has 0 fully saturated rings. The van der Waals surface area contributed by atoms with Crippen LogP contribution in [0.15, 0.2) is 18.2 Å². The van der Waals surface area contributed by atoms with E-state index >= 15 is 0 Å². The summed E-state index contributed by atoms with van der Waals surface area (Å²) in [6.45, 7) is 3.82. The molecule has 0 spiro atoms. The minimum absolute atomic E-state index is 0.693. The Balaban J connectivity index is 2.26. The Morgan fingerprint density at radius 1 is 1.33 bits per heavy atom. The Bertz CT molecular complexity index is 588. The molecule has 96 valence electrons. The quantitative estimate of drug-likeness (QED) is 0.902. The number of aromatic nitrogens is 1. The van der Waals surface area contributed by atoms with Crippen LogP contribution in [0.1, 0.15) is 11.3 Å². The van der Waals surface area contributed by atoms with Crippen molar-refractivity contribution in [3.05, 3.63) is 34.5 Å². The number of halogens is 1. The summed E-state index contributed by atoms with van der Waals surface area (Å²) in [5.74, 6) is 0. The molecule has 2 N–H and O–H groups in total. The van der Waals surface area contributed by atoms with Gasteiger partial charge < -0.3 is 10.3 Å². The molecule has 1 aromatic heterocycles. The van der Waals surface area contributed by atoms with E-state index in [1.165, 1.54) is 22.2 Å². The first-order valence-corrected chi connectivity index (χ1v) is 6.76. The molecule has 0 saturated heterocycles. The van der Waals surface area contributed by atoms with Crippen LogP contribution in [0.3, 0.4) is 0 Å². The van der Waals surface area contributed by atoms with Gasteiger partial charge >= 0.3 is 0 Å². The molecular formula is C14H18ClN3. The van der Waals surface area contributed by atoms with Crippen LogP contribution in [0, 0.1) is 0 Å². The zero-order valence-electron chi connectivity index (χ0n) is 10.6. The second-order valence-electron chi connectivity index (χ2n) is 5.01. The second-order valence-corrected chi connectivity index (χ2v) is 5.45. The Morgan fingerprint density at radius 2 is 2.17 bits per heavy atom. The lowest BCUT2D eigenvalue weighted by Gasteiger charge is -2.26. The van der Waals surface area contributed by atoms with Crippen molar-refractivity contribution in [1.29, 1.82) is 0 Å². The largest absolute Gasteiger partial charge is 0.342 e. The van der Waals surface area contributed by atoms with E-state index in [1.54, 1.807) is 0 Å². The van der Waals surface area contributed by atoms with Crippen molar-refractivity contribution in [3.63, 3.8) is 0 Å². The molecule has 0 bridgehead atoms. The van der Waals surface area contributed by atoms with E-state index in [9.17, 15) is 0 Å². The molecule has 2 heterocycles. The van der Waals surface area contributed by atoms with Crippen LogP contribution in [0.4, 0.5) is 0 Å². The van der Waals surface area contributed by atoms with Crippen molar-refractivity contribution in [2.75, 3.05) is 20.1 Å². The Morgan fingerprint density at radius 3 is 2.94 bits per heavy atom. The summed E-state index contributed by atoms with van der Waals surface area (Å²) in [7, 11) is 2.17. The highest BCUT2D eigenvalue weighted by atomic mass is 35.5. The zero-order valence-corrected chi connectivity index (χ0v) is 11.4. The van der Waals surface area contributed by atoms with E-state index in [-0.39, 0.29) is 0 Å². The first-order chi connectivity index (χ1) is 8.70. The van der Waals surface area contributed by atoms with Crippen molar-refractivity contribution in [1.82, 2.24) is 9.47 Å². The van der Waals surface area contributed by atoms with Gasteiger partial charge in [-0.2, -0.15) is 0 Å². The van der Waals surface area contributed by atoms with Crippen LogP contribution in [0.25, 0.3) is 10.9 Å². The van der Waals surface area contributed by atoms with Gasteiger partial charge in [0.25, 0.3) is 0 Å². The number of hydrogen-bond donors (Lipinski definition) is 1. The van der Waals surface area contributed by atoms with Gasteiger partial charge in [0, 0.05) is 35.7 Å². The van der Waals surface area contributed by atoms with Gasteiger partial charge in [-0.05, 0) is 37.7 Å². The van der Waals surface area contributed by atoms with Crippen LogP contribution >= 0.6 is 11.6 Å². The number of nitrogens with zero attached hydrogens (tertiary/aromatic N) is 2. The number of nitrogens with two attached hydrogens (primary N) is 1. The molecule has 1 aromatic carbocycles. The van der Waals surface area contributed by atoms with Crippen molar-refractivity contribution in [2.45, 2.75) is 19.5 Å². The summed E-state index contributed by atoms with van der Waals surface area (Å²) in [4.78, 5) is 2.36. The van der Waals surface area contributed by atoms with Crippen LogP contribution < -0.4 is 5.73 Å². The topological polar surface area (TPSA) is 34.2 Å². The lowest BCUT2D eigenvalue weighted by molar-refractivity contribution is 0.271. The fourth-order valence-corrected chi connectivity index (χ4v) is 3.08. The Labute approximate surface area is 112 Å². The molecule has 0 atom stereocenters. The summed E-state index contributed by atoms with van der Waals surface area (Å²) in [6, 6.07) is 6.18. The minimum Gasteiger partial charge on any atom is -0.342 e. The number of rotatable bonds is 2. The summed E-state index contributed by atoms with van der Waals surface area (Å²) < 4.78 is 2.41. The SMILES string of the molecule is CN1CCn2c(c(CCN)c3ccc(Cl)cc32)C1. The highest BCUT2D eigenvalue weighted by Gasteiger charge is 2.21. The minimum atomic E-state index is 0.693. The van der Waals surface area contributed by atoms with Gasteiger partial charge in [0.05, 0.1) is 5.52 Å². The summed E-state index contributed by atoms with van der Waals surface area (Å²) >= 11 is 6.13. The molecule has 0 radical (unpaired) electrons. The average Bonchev–Trinajstić information content (AvgIpc) is 2.63. The normalized spacial score (nSPS) is 16.2. The fraction of sp³-hybridized carbons (Fsp3) is 0.429. The molecule has 18 heavy (non-hydrogen) atoms. The average molecular weight is 264 g/mol. The monoisotopic (exact) mass is 263 g/mol. The van der Waals surface area contributed by atoms with Gasteiger partial charge in [-0.3, -0.25) is 4.90 Å². The highest BCUT2D eigenvalue weighted by Crippen LogP contribution is 2.31. The number of hydrogen-bond acceptors (Lipinski definition) is 2. The van der Waals surface area contributed by atoms with Crippen molar-refractivity contribution in [2.24, 2.45) is 5.73 Å². The molecule has 0 aliphatic carbocycles. The maximum atomic E-state index is 6.13. The van der Waals surface area contributed by atoms with E-state index in [4.69, 9.17) is 17.3 Å². The summed E-state index contributed by atoms with van der Waals surface area (Å²) in [5.41, 5.74) is 9.83. The second kappa shape index (κ2) is 4.57. The van der Waals surface area contributed by atoms with Gasteiger partial charge in [-0.25, -0.2) is 0 Å². The molecule has 0 amide bonds. The van der Waals surface area contributed by atoms with E-state index < -0.39 is 0 Å². The summed E-state index contributed by atoms with van der Waals surface area (Å²) in [5, 5.41) is 2.12. The maximum Gasteiger partial charge on any atom is 0.0501 e. The Kier molecular flexibility index (Phi) is 3.06. The smallest absolute Gasteiger partial charge is 0.0501 e. The van der Waals surface area contributed by atoms with E-state index in [2.05, 4.69) is 28.6 Å². The van der Waals surface area contributed by atoms with Gasteiger partial charge in [0.1, 0.15) is 0 Å². The molecular weight excluding hydrogens is 246 g/mol. The molecule has 4 heteroatoms. The third-order valence-corrected chi connectivity index (χ3v) is 4.00. The predicted molar refractivity (Wildman–Crippen MR) is 76.0 cm³/mol. The standard InChI is InChI=1S/C14H18ClN3/c1-17-6-7-18-13-8-10(15)2-3-11(13)12(4-5-16)14(18)9-17/h2-3,8H,4-7,9,16H2,1H3. The van der Waals surface area contributed by atoms with Crippen molar-refractivity contribution in [3.8, 4) is 0 Å². The molecule has 0 saturated carbocycles. The maximum absolute atomic E-state index is 6.13. The molecule has 2 aromatic rings. The third-order valence-electron chi connectivity index (χ3n) is 3.77. The number of benzene rings is 1. The number of likely N-dealkylation sites (N-methyl/N-ethyl adjacent to an activating group) is 1. The van der Waals surface area contributed by atoms with Crippen LogP contribution in [-0.2, 0) is 19.5 Å². The van der Waals surface area contributed by atoms with Crippen LogP contribution in [-0.4, -0.2) is 29.6 Å². The van der Waals surface area contributed by atoms with Gasteiger partial charge in [0.15, 0.2) is 0 Å². The predicted octanol–water partition coefficient (Wildman–Crippen LogP) is 2.24. The molecule has 3 nitrogen and oxygen atoms in total. The molecule has 0 unspecified atom stereocenters. The van der Waals surface area contributed by atoms with Gasteiger partial charge in [0.2, 0.25) is 0 Å². The Hall–Kier alpha value is -1.03. The van der Waals surface area contributed by atoms with Gasteiger partial charge in [-0.1, -0.05) is 17.7 Å². The van der Waals surface area contributed by atoms with E-state index in [1.807, 2.05) is 6.07 Å². The highest BCUT2D eigenvalue weighted by molar-refractivity contribution is 6.31. The van der Waals surface area contributed by atoms with Crippen molar-refractivity contribution >= 4 is 22.5 Å². The lowest BCUT2D eigenvalue weighted by atomic mass is 10.1. The van der Waals surface area contributed by atoms with Gasteiger partial charge in [-0.15, -0.1) is 0 Å². The lowest BCUT2D eigenvalue weighted by Crippen LogP contribution is -2.30. The zero-order chi connectivity index (χ0) is 12.7. The third kappa shape index (κ3) is 1.83. The van der Waals surface area contributed by atoms with Crippen molar-refractivity contribution < 1.29 is 0 Å². The van der Waals surface area contributed by atoms with E-state index in [0.29, 0.717) is 6.54 Å². The van der Waals surface area contributed by atoms with Crippen LogP contribution in [0.2, 0.25) is 5.02 Å². The number of fused-ring (bicyclic) bond motifs is 3. The summed E-state index contributed by atoms with van der Waals surface area (Å²) in [6.07, 6.45) is 0.939. The fourth-order valence-electron chi connectivity index (χ4n) is 2.91. The first-order valence-electron chi connectivity index (χ1n) is 6.39.